The van der Waals surface area contributed by atoms with E-state index in [0.29, 0.717) is 5.15 Å². The van der Waals surface area contributed by atoms with Gasteiger partial charge in [-0.1, -0.05) is 18.5 Å². The van der Waals surface area contributed by atoms with Gasteiger partial charge in [0.05, 0.1) is 6.20 Å². The highest BCUT2D eigenvalue weighted by Crippen LogP contribution is 2.13. The molecule has 0 bridgehead atoms. The van der Waals surface area contributed by atoms with Crippen LogP contribution < -0.4 is 0 Å². The Labute approximate surface area is 75.0 Å². The Balaban J connectivity index is 2.84. The van der Waals surface area contributed by atoms with Crippen molar-refractivity contribution in [3.05, 3.63) is 29.4 Å². The molecule has 2 aromatic rings. The molecule has 0 atom stereocenters. The lowest BCUT2D eigenvalue weighted by molar-refractivity contribution is 0.897. The topological polar surface area (TPSA) is 30.2 Å². The average Bonchev–Trinajstić information content (AvgIpc) is 2.48. The van der Waals surface area contributed by atoms with Crippen molar-refractivity contribution < 1.29 is 0 Å². The summed E-state index contributed by atoms with van der Waals surface area (Å²) in [5.41, 5.74) is 0.854. The summed E-state index contributed by atoms with van der Waals surface area (Å²) in [6.45, 7) is 2.04. The largest absolute Gasteiger partial charge is 0.271 e. The minimum Gasteiger partial charge on any atom is -0.271 e. The Morgan fingerprint density at radius 1 is 1.50 bits per heavy atom. The van der Waals surface area contributed by atoms with Gasteiger partial charge >= 0.3 is 0 Å². The fourth-order valence-electron chi connectivity index (χ4n) is 1.21. The van der Waals surface area contributed by atoms with E-state index >= 15 is 0 Å². The lowest BCUT2D eigenvalue weighted by Crippen LogP contribution is -1.97. The molecular weight excluding hydrogens is 174 g/mol. The maximum atomic E-state index is 5.92. The lowest BCUT2D eigenvalue weighted by atomic mass is 10.4. The van der Waals surface area contributed by atoms with Crippen LogP contribution in [-0.4, -0.2) is 14.4 Å². The highest BCUT2D eigenvalue weighted by Gasteiger charge is 2.03. The van der Waals surface area contributed by atoms with Gasteiger partial charge in [0.15, 0.2) is 0 Å². The number of halogens is 1. The molecule has 0 aliphatic heterocycles. The Bertz CT molecular complexity index is 408. The second kappa shape index (κ2) is 2.75. The number of rotatable bonds is 1. The number of hydrogen-bond donors (Lipinski definition) is 0. The molecule has 0 radical (unpaired) electrons. The van der Waals surface area contributed by atoms with E-state index in [0.717, 1.165) is 17.9 Å². The molecule has 62 valence electrons. The van der Waals surface area contributed by atoms with Crippen LogP contribution in [0.25, 0.3) is 5.65 Å². The van der Waals surface area contributed by atoms with Crippen molar-refractivity contribution in [3.63, 3.8) is 0 Å². The van der Waals surface area contributed by atoms with Gasteiger partial charge in [-0.25, -0.2) is 9.97 Å². The lowest BCUT2D eigenvalue weighted by Gasteiger charge is -2.00. The van der Waals surface area contributed by atoms with Gasteiger partial charge in [-0.3, -0.25) is 4.40 Å². The number of imidazole rings is 1. The summed E-state index contributed by atoms with van der Waals surface area (Å²) in [6.07, 6.45) is 4.24. The molecule has 2 aromatic heterocycles. The van der Waals surface area contributed by atoms with Crippen LogP contribution in [0, 0.1) is 0 Å². The van der Waals surface area contributed by atoms with Crippen LogP contribution in [-0.2, 0) is 6.42 Å². The molecule has 0 amide bonds. The number of fused-ring (bicyclic) bond motifs is 1. The molecule has 0 N–H and O–H groups in total. The molecule has 0 saturated carbocycles. The molecule has 12 heavy (non-hydrogen) atoms. The fourth-order valence-corrected chi connectivity index (χ4v) is 1.45. The minimum absolute atomic E-state index is 0.620. The zero-order valence-electron chi connectivity index (χ0n) is 6.66. The Hall–Kier alpha value is -1.09. The molecular formula is C8H8ClN3. The standard InChI is InChI=1S/C8H8ClN3/c1-2-7-10-4-3-8-11-5-6(9)12(7)8/h3-5H,2H2,1H3. The molecule has 0 fully saturated rings. The van der Waals surface area contributed by atoms with Gasteiger partial charge in [-0.05, 0) is 6.07 Å². The molecule has 2 heterocycles. The summed E-state index contributed by atoms with van der Waals surface area (Å²) >= 11 is 5.92. The van der Waals surface area contributed by atoms with E-state index in [9.17, 15) is 0 Å². The van der Waals surface area contributed by atoms with Crippen LogP contribution in [0.3, 0.4) is 0 Å². The molecule has 4 heteroatoms. The number of nitrogens with zero attached hydrogens (tertiary/aromatic N) is 3. The first-order chi connectivity index (χ1) is 5.83. The monoisotopic (exact) mass is 181 g/mol. The van der Waals surface area contributed by atoms with Crippen LogP contribution in [0.4, 0.5) is 0 Å². The SMILES string of the molecule is CCc1nccc2ncc(Cl)n12. The van der Waals surface area contributed by atoms with Gasteiger partial charge in [0.1, 0.15) is 16.6 Å². The van der Waals surface area contributed by atoms with E-state index in [1.807, 2.05) is 17.4 Å². The molecule has 0 unspecified atom stereocenters. The summed E-state index contributed by atoms with van der Waals surface area (Å²) in [7, 11) is 0. The van der Waals surface area contributed by atoms with Gasteiger partial charge in [0, 0.05) is 12.6 Å². The maximum absolute atomic E-state index is 5.92. The van der Waals surface area contributed by atoms with Crippen molar-refractivity contribution in [2.75, 3.05) is 0 Å². The number of aromatic nitrogens is 3. The summed E-state index contributed by atoms with van der Waals surface area (Å²) in [4.78, 5) is 8.31. The molecule has 0 saturated heterocycles. The third kappa shape index (κ3) is 0.975. The summed E-state index contributed by atoms with van der Waals surface area (Å²) in [5, 5.41) is 0.620. The van der Waals surface area contributed by atoms with Crippen molar-refractivity contribution in [1.82, 2.24) is 14.4 Å². The smallest absolute Gasteiger partial charge is 0.140 e. The van der Waals surface area contributed by atoms with E-state index < -0.39 is 0 Å². The van der Waals surface area contributed by atoms with Gasteiger partial charge in [-0.2, -0.15) is 0 Å². The van der Waals surface area contributed by atoms with Crippen LogP contribution in [0.1, 0.15) is 12.7 Å². The summed E-state index contributed by atoms with van der Waals surface area (Å²) < 4.78 is 1.85. The van der Waals surface area contributed by atoms with Gasteiger partial charge < -0.3 is 0 Å². The summed E-state index contributed by atoms with van der Waals surface area (Å²) in [6, 6.07) is 1.84. The third-order valence-electron chi connectivity index (χ3n) is 1.77. The molecule has 3 nitrogen and oxygen atoms in total. The van der Waals surface area contributed by atoms with Crippen molar-refractivity contribution in [1.29, 1.82) is 0 Å². The minimum atomic E-state index is 0.620. The Morgan fingerprint density at radius 3 is 3.08 bits per heavy atom. The average molecular weight is 182 g/mol. The summed E-state index contributed by atoms with van der Waals surface area (Å²) in [5.74, 6) is 0.940. The highest BCUT2D eigenvalue weighted by atomic mass is 35.5. The molecule has 0 spiro atoms. The van der Waals surface area contributed by atoms with E-state index in [1.54, 1.807) is 12.4 Å². The predicted molar refractivity (Wildman–Crippen MR) is 47.4 cm³/mol. The Morgan fingerprint density at radius 2 is 2.33 bits per heavy atom. The second-order valence-electron chi connectivity index (χ2n) is 2.49. The van der Waals surface area contributed by atoms with Crippen molar-refractivity contribution in [2.45, 2.75) is 13.3 Å². The van der Waals surface area contributed by atoms with Crippen LogP contribution in [0.2, 0.25) is 5.15 Å². The van der Waals surface area contributed by atoms with Gasteiger partial charge in [0.25, 0.3) is 0 Å². The maximum Gasteiger partial charge on any atom is 0.140 e. The predicted octanol–water partition coefficient (Wildman–Crippen LogP) is 1.95. The van der Waals surface area contributed by atoms with Crippen LogP contribution in [0.5, 0.6) is 0 Å². The van der Waals surface area contributed by atoms with Crippen molar-refractivity contribution in [3.8, 4) is 0 Å². The third-order valence-corrected chi connectivity index (χ3v) is 2.03. The zero-order chi connectivity index (χ0) is 8.55. The zero-order valence-corrected chi connectivity index (χ0v) is 7.41. The first-order valence-corrected chi connectivity index (χ1v) is 4.17. The van der Waals surface area contributed by atoms with E-state index in [4.69, 9.17) is 11.6 Å². The van der Waals surface area contributed by atoms with E-state index in [2.05, 4.69) is 9.97 Å². The van der Waals surface area contributed by atoms with Gasteiger partial charge in [0.2, 0.25) is 0 Å². The van der Waals surface area contributed by atoms with E-state index in [1.165, 1.54) is 0 Å². The number of aryl methyl sites for hydroxylation is 1. The van der Waals surface area contributed by atoms with Crippen LogP contribution >= 0.6 is 11.6 Å². The molecule has 0 aliphatic rings. The Kier molecular flexibility index (Phi) is 1.73. The molecule has 2 rings (SSSR count). The van der Waals surface area contributed by atoms with Crippen molar-refractivity contribution in [2.24, 2.45) is 0 Å². The normalized spacial score (nSPS) is 10.8. The second-order valence-corrected chi connectivity index (χ2v) is 2.88. The number of hydrogen-bond acceptors (Lipinski definition) is 2. The first-order valence-electron chi connectivity index (χ1n) is 3.79. The first kappa shape index (κ1) is 7.55. The van der Waals surface area contributed by atoms with Gasteiger partial charge in [-0.15, -0.1) is 0 Å². The van der Waals surface area contributed by atoms with E-state index in [-0.39, 0.29) is 0 Å². The quantitative estimate of drug-likeness (QED) is 0.673. The van der Waals surface area contributed by atoms with Crippen molar-refractivity contribution >= 4 is 17.2 Å². The van der Waals surface area contributed by atoms with Crippen LogP contribution in [0.15, 0.2) is 18.5 Å². The molecule has 0 aliphatic carbocycles. The molecule has 0 aromatic carbocycles. The highest BCUT2D eigenvalue weighted by molar-refractivity contribution is 6.29. The fraction of sp³-hybridized carbons (Fsp3) is 0.250.